The number of nitrogens with one attached hydrogen (secondary N) is 1. The zero-order valence-corrected chi connectivity index (χ0v) is 13.3. The van der Waals surface area contributed by atoms with Crippen LogP contribution in [0.15, 0.2) is 0 Å². The van der Waals surface area contributed by atoms with Crippen molar-refractivity contribution in [3.8, 4) is 0 Å². The first-order valence-electron chi connectivity index (χ1n) is 4.82. The van der Waals surface area contributed by atoms with Crippen LogP contribution in [0.1, 0.15) is 39.5 Å². The molecule has 14 heavy (non-hydrogen) atoms. The summed E-state index contributed by atoms with van der Waals surface area (Å²) in [6.07, 6.45) is 5.26. The van der Waals surface area contributed by atoms with Crippen molar-refractivity contribution in [1.29, 1.82) is 0 Å². The Kier molecular flexibility index (Phi) is 28.7. The fourth-order valence-corrected chi connectivity index (χ4v) is 0.729. The summed E-state index contributed by atoms with van der Waals surface area (Å²) in [7, 11) is 0. The van der Waals surface area contributed by atoms with E-state index < -0.39 is 0 Å². The number of nitrogens with two attached hydrogens (primary N) is 1. The van der Waals surface area contributed by atoms with E-state index in [1.807, 2.05) is 0 Å². The minimum atomic E-state index is 0. The third kappa shape index (κ3) is 38.1. The van der Waals surface area contributed by atoms with Crippen LogP contribution < -0.4 is 40.6 Å². The maximum atomic E-state index is 4.66. The van der Waals surface area contributed by atoms with Crippen molar-refractivity contribution < 1.29 is 29.6 Å². The molecule has 0 spiro atoms. The van der Waals surface area contributed by atoms with Crippen molar-refractivity contribution in [1.82, 2.24) is 5.32 Å². The molecule has 0 aromatic rings. The average Bonchev–Trinajstić information content (AvgIpc) is 2.03. The molecule has 5 heteroatoms. The summed E-state index contributed by atoms with van der Waals surface area (Å²) in [5, 5.41) is 3.39. The van der Waals surface area contributed by atoms with Crippen molar-refractivity contribution in [2.45, 2.75) is 39.5 Å². The topological polar surface area (TPSA) is 38.0 Å². The van der Waals surface area contributed by atoms with Crippen molar-refractivity contribution in [2.75, 3.05) is 13.1 Å². The van der Waals surface area contributed by atoms with E-state index in [1.165, 1.54) is 38.8 Å². The molecule has 0 saturated carbocycles. The minimum absolute atomic E-state index is 0. The van der Waals surface area contributed by atoms with E-state index in [9.17, 15) is 0 Å². The first kappa shape index (κ1) is 20.5. The number of unbranched alkanes of at least 4 members (excludes halogenated alkanes) is 2. The van der Waals surface area contributed by atoms with Gasteiger partial charge >= 0.3 is 29.6 Å². The van der Waals surface area contributed by atoms with Gasteiger partial charge in [-0.15, -0.1) is 0 Å². The summed E-state index contributed by atoms with van der Waals surface area (Å²) in [5.41, 5.74) is 4.66. The fourth-order valence-electron chi connectivity index (χ4n) is 0.729. The molecule has 0 bridgehead atoms. The largest absolute Gasteiger partial charge is 1.00 e. The van der Waals surface area contributed by atoms with Crippen molar-refractivity contribution in [2.24, 2.45) is 5.73 Å². The van der Waals surface area contributed by atoms with Crippen molar-refractivity contribution in [3.63, 3.8) is 0 Å². The standard InChI is InChI=1S/C8H19N.CH3NS2.Na/c1-3-5-7-9-8-6-4-2;2-1(3)4;/h9H,3-8H2,1-2H3;(H3,2,3,4);/q;;+1/p-1. The zero-order valence-electron chi connectivity index (χ0n) is 9.64. The molecular weight excluding hydrogens is 223 g/mol. The number of rotatable bonds is 6. The molecule has 0 aromatic carbocycles. The Labute approximate surface area is 121 Å². The molecule has 3 N–H and O–H groups in total. The van der Waals surface area contributed by atoms with Gasteiger partial charge in [-0.1, -0.05) is 31.0 Å². The monoisotopic (exact) mass is 244 g/mol. The van der Waals surface area contributed by atoms with Crippen LogP contribution in [0.5, 0.6) is 0 Å². The molecule has 0 aromatic heterocycles. The second kappa shape index (κ2) is 19.6. The molecule has 80 valence electrons. The predicted octanol–water partition coefficient (Wildman–Crippen LogP) is -1.04. The maximum absolute atomic E-state index is 4.66. The van der Waals surface area contributed by atoms with Crippen LogP contribution in [0.3, 0.4) is 0 Å². The molecule has 0 heterocycles. The van der Waals surface area contributed by atoms with Gasteiger partial charge in [-0.25, -0.2) is 0 Å². The molecule has 2 nitrogen and oxygen atoms in total. The van der Waals surface area contributed by atoms with E-state index in [4.69, 9.17) is 0 Å². The minimum Gasteiger partial charge on any atom is -0.415 e. The van der Waals surface area contributed by atoms with Gasteiger partial charge in [-0.3, -0.25) is 0 Å². The van der Waals surface area contributed by atoms with Gasteiger partial charge in [0.15, 0.2) is 0 Å². The molecule has 0 amide bonds. The summed E-state index contributed by atoms with van der Waals surface area (Å²) in [4.78, 5) is 0. The maximum Gasteiger partial charge on any atom is 1.00 e. The zero-order chi connectivity index (χ0) is 10.5. The molecule has 0 aliphatic rings. The molecule has 0 rings (SSSR count). The normalized spacial score (nSPS) is 8.14. The van der Waals surface area contributed by atoms with Gasteiger partial charge in [-0.05, 0) is 25.9 Å². The summed E-state index contributed by atoms with van der Waals surface area (Å²) in [5.74, 6) is 0. The Bertz CT molecular complexity index is 103. The Hall–Kier alpha value is 1.07. The molecule has 0 aliphatic heterocycles. The quantitative estimate of drug-likeness (QED) is 0.271. The molecule has 0 radical (unpaired) electrons. The number of hydrogen-bond acceptors (Lipinski definition) is 3. The van der Waals surface area contributed by atoms with E-state index in [-0.39, 0.29) is 33.9 Å². The smallest absolute Gasteiger partial charge is 0.415 e. The molecule has 0 saturated heterocycles. The van der Waals surface area contributed by atoms with Crippen LogP contribution in [0.25, 0.3) is 0 Å². The Morgan fingerprint density at radius 1 is 1.21 bits per heavy atom. The summed E-state index contributed by atoms with van der Waals surface area (Å²) in [6, 6.07) is 0. The average molecular weight is 244 g/mol. The Morgan fingerprint density at radius 3 is 1.71 bits per heavy atom. The second-order valence-electron chi connectivity index (χ2n) is 2.78. The first-order chi connectivity index (χ1) is 6.15. The van der Waals surface area contributed by atoms with Crippen LogP contribution in [-0.4, -0.2) is 17.4 Å². The van der Waals surface area contributed by atoms with Crippen molar-refractivity contribution in [3.05, 3.63) is 0 Å². The predicted molar refractivity (Wildman–Crippen MR) is 66.8 cm³/mol. The van der Waals surface area contributed by atoms with Crippen LogP contribution >= 0.6 is 12.2 Å². The van der Waals surface area contributed by atoms with E-state index in [2.05, 4.69) is 49.7 Å². The Morgan fingerprint density at radius 2 is 1.50 bits per heavy atom. The van der Waals surface area contributed by atoms with Crippen molar-refractivity contribution >= 4 is 29.2 Å². The van der Waals surface area contributed by atoms with E-state index >= 15 is 0 Å². The Balaban J connectivity index is -0.000000209. The van der Waals surface area contributed by atoms with Gasteiger partial charge in [0.25, 0.3) is 0 Å². The van der Waals surface area contributed by atoms with Gasteiger partial charge in [0, 0.05) is 0 Å². The van der Waals surface area contributed by atoms with Crippen LogP contribution in [0, 0.1) is 0 Å². The van der Waals surface area contributed by atoms with E-state index in [0.29, 0.717) is 0 Å². The first-order valence-corrected chi connectivity index (χ1v) is 5.63. The van der Waals surface area contributed by atoms with Gasteiger partial charge in [0.1, 0.15) is 0 Å². The summed E-state index contributed by atoms with van der Waals surface area (Å²) >= 11 is 8.26. The van der Waals surface area contributed by atoms with Crippen LogP contribution in [0.4, 0.5) is 0 Å². The van der Waals surface area contributed by atoms with E-state index in [1.54, 1.807) is 0 Å². The van der Waals surface area contributed by atoms with Gasteiger partial charge in [0.05, 0.1) is 0 Å². The SMILES string of the molecule is CCCCNCCCC.NC(=S)[S-].[Na+]. The van der Waals surface area contributed by atoms with Gasteiger partial charge < -0.3 is 35.9 Å². The van der Waals surface area contributed by atoms with Gasteiger partial charge in [-0.2, -0.15) is 0 Å². The third-order valence-electron chi connectivity index (χ3n) is 1.41. The number of hydrogen-bond donors (Lipinski definition) is 2. The second-order valence-corrected chi connectivity index (χ2v) is 3.91. The third-order valence-corrected chi connectivity index (χ3v) is 1.41. The molecule has 0 unspecified atom stereocenters. The summed E-state index contributed by atoms with van der Waals surface area (Å²) < 4.78 is 0.0833. The molecule has 0 fully saturated rings. The number of thiocarbonyl (C=S) groups is 1. The molecule has 0 aliphatic carbocycles. The summed E-state index contributed by atoms with van der Waals surface area (Å²) in [6.45, 7) is 6.86. The van der Waals surface area contributed by atoms with Crippen LogP contribution in [-0.2, 0) is 12.6 Å². The molecule has 0 atom stereocenters. The van der Waals surface area contributed by atoms with Gasteiger partial charge in [0.2, 0.25) is 0 Å². The van der Waals surface area contributed by atoms with E-state index in [0.717, 1.165) is 0 Å². The molecular formula is C9H21N2NaS2. The fraction of sp³-hybridized carbons (Fsp3) is 0.889. The van der Waals surface area contributed by atoms with Crippen LogP contribution in [0.2, 0.25) is 0 Å².